The third-order valence-corrected chi connectivity index (χ3v) is 2.99. The molecule has 0 aliphatic heterocycles. The molecule has 3 heteroatoms. The zero-order chi connectivity index (χ0) is 11.5. The highest BCUT2D eigenvalue weighted by atomic mass is 19.1. The number of nitrogens with two attached hydrogens (primary N) is 1. The van der Waals surface area contributed by atoms with E-state index in [-0.39, 0.29) is 11.9 Å². The second-order valence-electron chi connectivity index (χ2n) is 4.46. The minimum absolute atomic E-state index is 0.0381. The average Bonchev–Trinajstić information content (AvgIpc) is 3.11. The molecule has 2 rings (SSSR count). The van der Waals surface area contributed by atoms with E-state index in [1.165, 1.54) is 18.9 Å². The molecule has 1 unspecified atom stereocenters. The Labute approximate surface area is 95.6 Å². The lowest BCUT2D eigenvalue weighted by Crippen LogP contribution is -2.09. The Morgan fingerprint density at radius 2 is 2.25 bits per heavy atom. The largest absolute Gasteiger partial charge is 0.490 e. The van der Waals surface area contributed by atoms with Crippen LogP contribution in [-0.4, -0.2) is 6.61 Å². The summed E-state index contributed by atoms with van der Waals surface area (Å²) in [5, 5.41) is 0. The lowest BCUT2D eigenvalue weighted by molar-refractivity contribution is 0.285. The van der Waals surface area contributed by atoms with Crippen molar-refractivity contribution in [3.8, 4) is 5.75 Å². The normalized spacial score (nSPS) is 17.2. The SMILES string of the molecule is CCC(N)c1ccc(F)c(OCC2CC2)c1. The quantitative estimate of drug-likeness (QED) is 0.832. The van der Waals surface area contributed by atoms with Crippen LogP contribution in [0.4, 0.5) is 4.39 Å². The number of ether oxygens (including phenoxy) is 1. The molecule has 0 bridgehead atoms. The molecule has 2 nitrogen and oxygen atoms in total. The van der Waals surface area contributed by atoms with Crippen LogP contribution in [0.25, 0.3) is 0 Å². The fourth-order valence-electron chi connectivity index (χ4n) is 1.59. The van der Waals surface area contributed by atoms with Gasteiger partial charge >= 0.3 is 0 Å². The molecule has 1 saturated carbocycles. The molecule has 88 valence electrons. The van der Waals surface area contributed by atoms with Gasteiger partial charge in [-0.25, -0.2) is 4.39 Å². The maximum atomic E-state index is 13.4. The molecular formula is C13H18FNO. The van der Waals surface area contributed by atoms with Gasteiger partial charge in [-0.3, -0.25) is 0 Å². The van der Waals surface area contributed by atoms with Gasteiger partial charge in [-0.15, -0.1) is 0 Å². The molecule has 1 aliphatic carbocycles. The van der Waals surface area contributed by atoms with Crippen molar-refractivity contribution < 1.29 is 9.13 Å². The number of halogens is 1. The summed E-state index contributed by atoms with van der Waals surface area (Å²) in [5.41, 5.74) is 6.84. The lowest BCUT2D eigenvalue weighted by atomic mass is 10.1. The van der Waals surface area contributed by atoms with Crippen LogP contribution in [0.3, 0.4) is 0 Å². The summed E-state index contributed by atoms with van der Waals surface area (Å²) in [4.78, 5) is 0. The molecule has 0 spiro atoms. The van der Waals surface area contributed by atoms with Crippen molar-refractivity contribution in [1.29, 1.82) is 0 Å². The van der Waals surface area contributed by atoms with E-state index in [0.717, 1.165) is 12.0 Å². The van der Waals surface area contributed by atoms with Gasteiger partial charge in [-0.2, -0.15) is 0 Å². The molecule has 0 heterocycles. The Hall–Kier alpha value is -1.09. The van der Waals surface area contributed by atoms with E-state index in [2.05, 4.69) is 0 Å². The molecule has 16 heavy (non-hydrogen) atoms. The van der Waals surface area contributed by atoms with Crippen molar-refractivity contribution in [2.75, 3.05) is 6.61 Å². The van der Waals surface area contributed by atoms with Gasteiger partial charge in [0.15, 0.2) is 11.6 Å². The van der Waals surface area contributed by atoms with Crippen LogP contribution in [0.15, 0.2) is 18.2 Å². The van der Waals surface area contributed by atoms with Crippen LogP contribution in [0.5, 0.6) is 5.75 Å². The van der Waals surface area contributed by atoms with E-state index < -0.39 is 0 Å². The fraction of sp³-hybridized carbons (Fsp3) is 0.538. The molecule has 0 saturated heterocycles. The highest BCUT2D eigenvalue weighted by Gasteiger charge is 2.22. The van der Waals surface area contributed by atoms with E-state index in [0.29, 0.717) is 18.3 Å². The Morgan fingerprint density at radius 1 is 1.50 bits per heavy atom. The van der Waals surface area contributed by atoms with E-state index >= 15 is 0 Å². The van der Waals surface area contributed by atoms with Crippen molar-refractivity contribution in [3.63, 3.8) is 0 Å². The Kier molecular flexibility index (Phi) is 3.44. The monoisotopic (exact) mass is 223 g/mol. The van der Waals surface area contributed by atoms with E-state index in [1.807, 2.05) is 6.92 Å². The van der Waals surface area contributed by atoms with E-state index in [4.69, 9.17) is 10.5 Å². The minimum atomic E-state index is -0.298. The first-order valence-corrected chi connectivity index (χ1v) is 5.88. The van der Waals surface area contributed by atoms with E-state index in [1.54, 1.807) is 12.1 Å². The van der Waals surface area contributed by atoms with E-state index in [9.17, 15) is 4.39 Å². The van der Waals surface area contributed by atoms with Gasteiger partial charge in [0, 0.05) is 6.04 Å². The van der Waals surface area contributed by atoms with Gasteiger partial charge in [-0.05, 0) is 42.9 Å². The Balaban J connectivity index is 2.07. The van der Waals surface area contributed by atoms with Gasteiger partial charge in [0.1, 0.15) is 0 Å². The number of hydrogen-bond acceptors (Lipinski definition) is 2. The topological polar surface area (TPSA) is 35.2 Å². The maximum absolute atomic E-state index is 13.4. The van der Waals surface area contributed by atoms with Crippen LogP contribution < -0.4 is 10.5 Å². The summed E-state index contributed by atoms with van der Waals surface area (Å²) in [6.07, 6.45) is 3.25. The summed E-state index contributed by atoms with van der Waals surface area (Å²) in [5.74, 6) is 0.670. The van der Waals surface area contributed by atoms with Crippen LogP contribution >= 0.6 is 0 Å². The van der Waals surface area contributed by atoms with Gasteiger partial charge < -0.3 is 10.5 Å². The van der Waals surface area contributed by atoms with Crippen molar-refractivity contribution in [1.82, 2.24) is 0 Å². The first-order chi connectivity index (χ1) is 7.70. The Morgan fingerprint density at radius 3 is 2.88 bits per heavy atom. The summed E-state index contributed by atoms with van der Waals surface area (Å²) in [6.45, 7) is 2.64. The molecule has 2 N–H and O–H groups in total. The summed E-state index contributed by atoms with van der Waals surface area (Å²) in [6, 6.07) is 4.86. The highest BCUT2D eigenvalue weighted by molar-refractivity contribution is 5.32. The van der Waals surface area contributed by atoms with Crippen molar-refractivity contribution in [3.05, 3.63) is 29.6 Å². The standard InChI is InChI=1S/C13H18FNO/c1-2-12(15)10-5-6-11(14)13(7-10)16-8-9-3-4-9/h5-7,9,12H,2-4,8,15H2,1H3. The summed E-state index contributed by atoms with van der Waals surface area (Å²) in [7, 11) is 0. The van der Waals surface area contributed by atoms with Crippen molar-refractivity contribution in [2.24, 2.45) is 11.7 Å². The zero-order valence-electron chi connectivity index (χ0n) is 9.58. The Bertz CT molecular complexity index is 363. The third kappa shape index (κ3) is 2.73. The van der Waals surface area contributed by atoms with Gasteiger partial charge in [0.25, 0.3) is 0 Å². The summed E-state index contributed by atoms with van der Waals surface area (Å²) < 4.78 is 18.9. The van der Waals surface area contributed by atoms with Gasteiger partial charge in [0.2, 0.25) is 0 Å². The maximum Gasteiger partial charge on any atom is 0.165 e. The smallest absolute Gasteiger partial charge is 0.165 e. The second-order valence-corrected chi connectivity index (χ2v) is 4.46. The highest BCUT2D eigenvalue weighted by Crippen LogP contribution is 2.31. The molecule has 0 radical (unpaired) electrons. The second kappa shape index (κ2) is 4.83. The van der Waals surface area contributed by atoms with Gasteiger partial charge in [0.05, 0.1) is 6.61 Å². The first-order valence-electron chi connectivity index (χ1n) is 5.88. The molecule has 1 aliphatic rings. The fourth-order valence-corrected chi connectivity index (χ4v) is 1.59. The molecule has 1 atom stereocenters. The molecule has 1 aromatic carbocycles. The van der Waals surface area contributed by atoms with Crippen LogP contribution in [0.1, 0.15) is 37.8 Å². The number of rotatable bonds is 5. The molecule has 1 fully saturated rings. The van der Waals surface area contributed by atoms with Crippen LogP contribution in [-0.2, 0) is 0 Å². The molecule has 0 aromatic heterocycles. The molecular weight excluding hydrogens is 205 g/mol. The van der Waals surface area contributed by atoms with Gasteiger partial charge in [-0.1, -0.05) is 13.0 Å². The summed E-state index contributed by atoms with van der Waals surface area (Å²) >= 11 is 0. The molecule has 1 aromatic rings. The lowest BCUT2D eigenvalue weighted by Gasteiger charge is -2.12. The predicted octanol–water partition coefficient (Wildman–Crippen LogP) is 3.02. The first kappa shape index (κ1) is 11.4. The van der Waals surface area contributed by atoms with Crippen LogP contribution in [0.2, 0.25) is 0 Å². The van der Waals surface area contributed by atoms with Crippen molar-refractivity contribution in [2.45, 2.75) is 32.2 Å². The predicted molar refractivity (Wildman–Crippen MR) is 61.8 cm³/mol. The van der Waals surface area contributed by atoms with Crippen LogP contribution in [0, 0.1) is 11.7 Å². The molecule has 0 amide bonds. The zero-order valence-corrected chi connectivity index (χ0v) is 9.58. The van der Waals surface area contributed by atoms with Crippen molar-refractivity contribution >= 4 is 0 Å². The number of benzene rings is 1. The number of hydrogen-bond donors (Lipinski definition) is 1. The third-order valence-electron chi connectivity index (χ3n) is 2.99. The average molecular weight is 223 g/mol. The minimum Gasteiger partial charge on any atom is -0.490 e.